The fourth-order valence-electron chi connectivity index (χ4n) is 6.02. The summed E-state index contributed by atoms with van der Waals surface area (Å²) in [7, 11) is 0. The lowest BCUT2D eigenvalue weighted by molar-refractivity contribution is -0.136. The number of primary amides is 1. The van der Waals surface area contributed by atoms with Gasteiger partial charge in [-0.1, -0.05) is 25.3 Å². The number of hydrogen-bond acceptors (Lipinski definition) is 5. The van der Waals surface area contributed by atoms with E-state index in [2.05, 4.69) is 11.4 Å². The summed E-state index contributed by atoms with van der Waals surface area (Å²) < 4.78 is 0. The maximum Gasteiger partial charge on any atom is 0.251 e. The van der Waals surface area contributed by atoms with Gasteiger partial charge in [-0.2, -0.15) is 5.26 Å². The Kier molecular flexibility index (Phi) is 9.48. The number of amides is 3. The second kappa shape index (κ2) is 12.4. The molecular weight excluding hydrogens is 478 g/mol. The Morgan fingerprint density at radius 2 is 1.87 bits per heavy atom. The number of nitrogens with one attached hydrogen (secondary N) is 2. The van der Waals surface area contributed by atoms with Crippen molar-refractivity contribution in [3.05, 3.63) is 46.5 Å². The van der Waals surface area contributed by atoms with Gasteiger partial charge >= 0.3 is 0 Å². The molecule has 2 unspecified atom stereocenters. The van der Waals surface area contributed by atoms with Crippen LogP contribution in [-0.2, 0) is 16.0 Å². The zero-order valence-electron chi connectivity index (χ0n) is 23.1. The average molecular weight is 520 g/mol. The Morgan fingerprint density at radius 3 is 2.45 bits per heavy atom. The summed E-state index contributed by atoms with van der Waals surface area (Å²) in [6.07, 6.45) is 9.25. The quantitative estimate of drug-likeness (QED) is 0.332. The monoisotopic (exact) mass is 519 g/mol. The molecule has 3 amide bonds. The molecule has 1 saturated carbocycles. The predicted octanol–water partition coefficient (Wildman–Crippen LogP) is 4.21. The van der Waals surface area contributed by atoms with E-state index in [1.807, 2.05) is 25.7 Å². The van der Waals surface area contributed by atoms with Gasteiger partial charge in [0.25, 0.3) is 5.91 Å². The van der Waals surface area contributed by atoms with Crippen LogP contribution in [-0.4, -0.2) is 47.0 Å². The molecule has 0 bridgehead atoms. The third-order valence-electron chi connectivity index (χ3n) is 8.13. The topological polar surface area (TPSA) is 140 Å². The number of nitrogens with zero attached hydrogens (tertiary/aromatic N) is 2. The molecule has 0 aromatic heterocycles. The lowest BCUT2D eigenvalue weighted by Crippen LogP contribution is -2.52. The molecule has 204 valence electrons. The minimum atomic E-state index is -0.662. The number of benzene rings is 1. The number of likely N-dealkylation sites (tertiary alicyclic amines) is 1. The van der Waals surface area contributed by atoms with Crippen LogP contribution < -0.4 is 11.1 Å². The van der Waals surface area contributed by atoms with E-state index in [0.717, 1.165) is 36.8 Å². The SMILES string of the molecule is CC(=N)/C=C(/Cc1ccc(C(=O)NCC(=O)N2C(C3CCCCC3)CCC2C(C)(C)C#N)cc1C)C(N)=O. The molecular formula is C30H41N5O3. The molecule has 0 spiro atoms. The van der Waals surface area contributed by atoms with E-state index in [-0.39, 0.29) is 42.6 Å². The summed E-state index contributed by atoms with van der Waals surface area (Å²) in [5, 5.41) is 20.2. The molecule has 8 nitrogen and oxygen atoms in total. The van der Waals surface area contributed by atoms with Crippen molar-refractivity contribution in [2.75, 3.05) is 6.54 Å². The van der Waals surface area contributed by atoms with Gasteiger partial charge < -0.3 is 21.4 Å². The van der Waals surface area contributed by atoms with E-state index in [0.29, 0.717) is 17.1 Å². The minimum absolute atomic E-state index is 0.117. The third kappa shape index (κ3) is 6.89. The van der Waals surface area contributed by atoms with Crippen LogP contribution in [0.15, 0.2) is 29.8 Å². The molecule has 0 radical (unpaired) electrons. The molecule has 3 rings (SSSR count). The highest BCUT2D eigenvalue weighted by atomic mass is 16.2. The maximum atomic E-state index is 13.5. The summed E-state index contributed by atoms with van der Waals surface area (Å²) in [5.74, 6) is -0.610. The minimum Gasteiger partial charge on any atom is -0.366 e. The number of hydrogen-bond donors (Lipinski definition) is 3. The van der Waals surface area contributed by atoms with Gasteiger partial charge in [-0.3, -0.25) is 14.4 Å². The first kappa shape index (κ1) is 29.1. The standard InChI is InChI=1S/C30H41N5O3/c1-19-14-23(11-10-22(19)16-24(28(33)37)15-20(2)32)29(38)34-17-27(36)35-25(21-8-6-5-7-9-21)12-13-26(35)30(3,4)18-31/h10-11,14-15,21,25-26,32H,5-9,12-13,16-17H2,1-4H3,(H2,33,37)(H,34,38)/b24-15-,32-20?. The molecule has 1 aliphatic carbocycles. The zero-order valence-corrected chi connectivity index (χ0v) is 23.1. The Labute approximate surface area is 226 Å². The van der Waals surface area contributed by atoms with Gasteiger partial charge in [-0.25, -0.2) is 0 Å². The molecule has 2 fully saturated rings. The second-order valence-corrected chi connectivity index (χ2v) is 11.4. The van der Waals surface area contributed by atoms with Crippen LogP contribution in [0, 0.1) is 35.0 Å². The first-order valence-electron chi connectivity index (χ1n) is 13.6. The molecule has 1 saturated heterocycles. The molecule has 1 aromatic rings. The second-order valence-electron chi connectivity index (χ2n) is 11.4. The molecule has 1 aliphatic heterocycles. The normalized spacial score (nSPS) is 20.6. The fourth-order valence-corrected chi connectivity index (χ4v) is 6.02. The first-order valence-corrected chi connectivity index (χ1v) is 13.6. The summed E-state index contributed by atoms with van der Waals surface area (Å²) in [6.45, 7) is 7.10. The Hall–Kier alpha value is -3.47. The Balaban J connectivity index is 1.71. The molecule has 2 atom stereocenters. The molecule has 1 aromatic carbocycles. The number of carbonyl (C=O) groups is 3. The largest absolute Gasteiger partial charge is 0.366 e. The zero-order chi connectivity index (χ0) is 28.0. The number of nitrogens with two attached hydrogens (primary N) is 1. The van der Waals surface area contributed by atoms with E-state index in [1.165, 1.54) is 25.3 Å². The van der Waals surface area contributed by atoms with Crippen LogP contribution in [0.25, 0.3) is 0 Å². The van der Waals surface area contributed by atoms with Crippen LogP contribution >= 0.6 is 0 Å². The van der Waals surface area contributed by atoms with E-state index < -0.39 is 11.3 Å². The molecule has 38 heavy (non-hydrogen) atoms. The summed E-state index contributed by atoms with van der Waals surface area (Å²) in [6, 6.07) is 7.52. The molecule has 2 aliphatic rings. The van der Waals surface area contributed by atoms with Crippen molar-refractivity contribution >= 4 is 23.4 Å². The molecule has 1 heterocycles. The van der Waals surface area contributed by atoms with Gasteiger partial charge in [-0.15, -0.1) is 0 Å². The highest BCUT2D eigenvalue weighted by molar-refractivity contribution is 6.01. The van der Waals surface area contributed by atoms with Crippen LogP contribution in [0.2, 0.25) is 0 Å². The Morgan fingerprint density at radius 1 is 1.18 bits per heavy atom. The van der Waals surface area contributed by atoms with Crippen molar-refractivity contribution in [1.29, 1.82) is 10.7 Å². The average Bonchev–Trinajstić information content (AvgIpc) is 3.34. The summed E-state index contributed by atoms with van der Waals surface area (Å²) in [5.41, 5.74) is 7.43. The van der Waals surface area contributed by atoms with E-state index in [4.69, 9.17) is 11.1 Å². The highest BCUT2D eigenvalue weighted by Crippen LogP contribution is 2.42. The number of allylic oxidation sites excluding steroid dienone is 1. The van der Waals surface area contributed by atoms with Gasteiger partial charge in [0.15, 0.2) is 0 Å². The maximum absolute atomic E-state index is 13.5. The van der Waals surface area contributed by atoms with Gasteiger partial charge in [0.1, 0.15) is 0 Å². The van der Waals surface area contributed by atoms with Crippen LogP contribution in [0.4, 0.5) is 0 Å². The number of carbonyl (C=O) groups excluding carboxylic acids is 3. The van der Waals surface area contributed by atoms with Gasteiger partial charge in [0.05, 0.1) is 24.1 Å². The highest BCUT2D eigenvalue weighted by Gasteiger charge is 2.47. The third-order valence-corrected chi connectivity index (χ3v) is 8.13. The molecule has 8 heteroatoms. The van der Waals surface area contributed by atoms with E-state index >= 15 is 0 Å². The van der Waals surface area contributed by atoms with Crippen molar-refractivity contribution in [2.24, 2.45) is 17.1 Å². The first-order chi connectivity index (χ1) is 17.9. The van der Waals surface area contributed by atoms with E-state index in [1.54, 1.807) is 25.1 Å². The predicted molar refractivity (Wildman–Crippen MR) is 148 cm³/mol. The van der Waals surface area contributed by atoms with Crippen LogP contribution in [0.5, 0.6) is 0 Å². The summed E-state index contributed by atoms with van der Waals surface area (Å²) >= 11 is 0. The van der Waals surface area contributed by atoms with Gasteiger partial charge in [0.2, 0.25) is 11.8 Å². The van der Waals surface area contributed by atoms with Crippen molar-refractivity contribution in [3.8, 4) is 6.07 Å². The van der Waals surface area contributed by atoms with Crippen LogP contribution in [0.1, 0.15) is 87.2 Å². The smallest absolute Gasteiger partial charge is 0.251 e. The lowest BCUT2D eigenvalue weighted by Gasteiger charge is -2.40. The number of rotatable bonds is 9. The summed E-state index contributed by atoms with van der Waals surface area (Å²) in [4.78, 5) is 40.2. The number of nitriles is 1. The van der Waals surface area contributed by atoms with Crippen LogP contribution in [0.3, 0.4) is 0 Å². The molecule has 4 N–H and O–H groups in total. The lowest BCUT2D eigenvalue weighted by atomic mass is 9.83. The number of aryl methyl sites for hydroxylation is 1. The fraction of sp³-hybridized carbons (Fsp3) is 0.567. The van der Waals surface area contributed by atoms with Gasteiger partial charge in [-0.05, 0) is 88.6 Å². The Bertz CT molecular complexity index is 1160. The van der Waals surface area contributed by atoms with Gasteiger partial charge in [0, 0.05) is 29.3 Å². The van der Waals surface area contributed by atoms with Crippen molar-refractivity contribution in [3.63, 3.8) is 0 Å². The van der Waals surface area contributed by atoms with Crippen molar-refractivity contribution in [2.45, 2.75) is 91.1 Å². The van der Waals surface area contributed by atoms with Crippen molar-refractivity contribution in [1.82, 2.24) is 10.2 Å². The van der Waals surface area contributed by atoms with Crippen molar-refractivity contribution < 1.29 is 14.4 Å². The van der Waals surface area contributed by atoms with E-state index in [9.17, 15) is 19.6 Å².